The Morgan fingerprint density at radius 2 is 1.92 bits per heavy atom. The number of benzene rings is 1. The third kappa shape index (κ3) is 4.52. The summed E-state index contributed by atoms with van der Waals surface area (Å²) >= 11 is 0. The van der Waals surface area contributed by atoms with E-state index in [0.717, 1.165) is 35.5 Å². The highest BCUT2D eigenvalue weighted by Gasteiger charge is 2.27. The van der Waals surface area contributed by atoms with Crippen LogP contribution in [0.4, 0.5) is 0 Å². The van der Waals surface area contributed by atoms with Crippen molar-refractivity contribution in [2.45, 2.75) is 58.7 Å². The van der Waals surface area contributed by atoms with Gasteiger partial charge in [-0.3, -0.25) is 0 Å². The molecule has 0 fully saturated rings. The van der Waals surface area contributed by atoms with Gasteiger partial charge in [0.25, 0.3) is 0 Å². The Kier molecular flexibility index (Phi) is 5.79. The molecule has 0 saturated carbocycles. The van der Waals surface area contributed by atoms with Crippen molar-refractivity contribution in [2.24, 2.45) is 0 Å². The monoisotopic (exact) mass is 377 g/mol. The molecular weight excluding hydrogens is 350 g/mol. The van der Waals surface area contributed by atoms with Gasteiger partial charge in [0.2, 0.25) is 10.0 Å². The molecule has 1 aliphatic heterocycles. The molecule has 0 bridgehead atoms. The molecule has 0 unspecified atom stereocenters. The standard InChI is InChI=1S/C19H27N3O3S/c1-15(2)25-12-18-19-11-22(10-4-9-21(19)14-20-18)26(23,24)13-17-7-5-16(3)6-8-17/h5-8,14-15H,4,9-13H2,1-3H3. The summed E-state index contributed by atoms with van der Waals surface area (Å²) in [4.78, 5) is 4.44. The molecule has 2 heterocycles. The molecule has 1 aliphatic rings. The quantitative estimate of drug-likeness (QED) is 0.776. The van der Waals surface area contributed by atoms with Crippen molar-refractivity contribution >= 4 is 10.0 Å². The summed E-state index contributed by atoms with van der Waals surface area (Å²) < 4.78 is 35.3. The molecule has 6 nitrogen and oxygen atoms in total. The molecule has 0 amide bonds. The number of rotatable bonds is 6. The third-order valence-electron chi connectivity index (χ3n) is 4.58. The van der Waals surface area contributed by atoms with Crippen molar-refractivity contribution in [2.75, 3.05) is 6.54 Å². The van der Waals surface area contributed by atoms with Crippen molar-refractivity contribution in [3.8, 4) is 0 Å². The number of hydrogen-bond donors (Lipinski definition) is 0. The second-order valence-corrected chi connectivity index (χ2v) is 9.09. The molecule has 0 saturated heterocycles. The van der Waals surface area contributed by atoms with Gasteiger partial charge in [-0.05, 0) is 32.8 Å². The molecule has 1 aromatic heterocycles. The molecule has 0 spiro atoms. The zero-order valence-electron chi connectivity index (χ0n) is 15.7. The molecule has 7 heteroatoms. The van der Waals surface area contributed by atoms with Gasteiger partial charge in [0.05, 0.1) is 42.7 Å². The van der Waals surface area contributed by atoms with E-state index < -0.39 is 10.0 Å². The van der Waals surface area contributed by atoms with E-state index >= 15 is 0 Å². The van der Waals surface area contributed by atoms with Gasteiger partial charge in [-0.25, -0.2) is 13.4 Å². The fourth-order valence-corrected chi connectivity index (χ4v) is 4.60. The minimum atomic E-state index is -3.39. The number of fused-ring (bicyclic) bond motifs is 1. The second-order valence-electron chi connectivity index (χ2n) is 7.12. The zero-order chi connectivity index (χ0) is 18.7. The van der Waals surface area contributed by atoms with E-state index in [2.05, 4.69) is 9.55 Å². The third-order valence-corrected chi connectivity index (χ3v) is 6.38. The Hall–Kier alpha value is -1.70. The van der Waals surface area contributed by atoms with Gasteiger partial charge >= 0.3 is 0 Å². The molecule has 26 heavy (non-hydrogen) atoms. The predicted octanol–water partition coefficient (Wildman–Crippen LogP) is 2.85. The van der Waals surface area contributed by atoms with Gasteiger partial charge < -0.3 is 9.30 Å². The summed E-state index contributed by atoms with van der Waals surface area (Å²) in [6.45, 7) is 8.02. The number of aryl methyl sites for hydroxylation is 2. The molecule has 0 radical (unpaired) electrons. The maximum atomic E-state index is 13.0. The summed E-state index contributed by atoms with van der Waals surface area (Å²) in [6, 6.07) is 7.67. The fraction of sp³-hybridized carbons (Fsp3) is 0.526. The van der Waals surface area contributed by atoms with Gasteiger partial charge in [-0.2, -0.15) is 4.31 Å². The smallest absolute Gasteiger partial charge is 0.218 e. The van der Waals surface area contributed by atoms with Crippen LogP contribution in [-0.4, -0.2) is 34.9 Å². The van der Waals surface area contributed by atoms with Crippen molar-refractivity contribution in [1.29, 1.82) is 0 Å². The maximum Gasteiger partial charge on any atom is 0.218 e. The first-order valence-corrected chi connectivity index (χ1v) is 10.6. The van der Waals surface area contributed by atoms with Crippen LogP contribution in [0.1, 0.15) is 42.8 Å². The summed E-state index contributed by atoms with van der Waals surface area (Å²) in [5.74, 6) is 0.0270. The van der Waals surface area contributed by atoms with Crippen molar-refractivity contribution in [3.63, 3.8) is 0 Å². The molecule has 2 aromatic rings. The lowest BCUT2D eigenvalue weighted by Gasteiger charge is -2.20. The highest BCUT2D eigenvalue weighted by Crippen LogP contribution is 2.21. The minimum absolute atomic E-state index is 0.0270. The lowest BCUT2D eigenvalue weighted by Crippen LogP contribution is -2.32. The highest BCUT2D eigenvalue weighted by molar-refractivity contribution is 7.88. The first-order valence-electron chi connectivity index (χ1n) is 9.03. The van der Waals surface area contributed by atoms with Crippen LogP contribution in [0.2, 0.25) is 0 Å². The lowest BCUT2D eigenvalue weighted by molar-refractivity contribution is 0.0631. The van der Waals surface area contributed by atoms with Gasteiger partial charge in [0, 0.05) is 13.1 Å². The zero-order valence-corrected chi connectivity index (χ0v) is 16.5. The number of imidazole rings is 1. The van der Waals surface area contributed by atoms with E-state index in [1.165, 1.54) is 0 Å². The van der Waals surface area contributed by atoms with E-state index in [9.17, 15) is 8.42 Å². The average molecular weight is 378 g/mol. The predicted molar refractivity (Wildman–Crippen MR) is 101 cm³/mol. The first-order chi connectivity index (χ1) is 12.3. The molecule has 0 aliphatic carbocycles. The largest absolute Gasteiger partial charge is 0.372 e. The maximum absolute atomic E-state index is 13.0. The summed E-state index contributed by atoms with van der Waals surface area (Å²) in [6.07, 6.45) is 2.69. The van der Waals surface area contributed by atoms with E-state index in [1.807, 2.05) is 45.0 Å². The minimum Gasteiger partial charge on any atom is -0.372 e. The normalized spacial score (nSPS) is 15.8. The number of ether oxygens (including phenoxy) is 1. The van der Waals surface area contributed by atoms with E-state index in [0.29, 0.717) is 19.7 Å². The van der Waals surface area contributed by atoms with E-state index in [-0.39, 0.29) is 11.9 Å². The Labute approximate surface area is 155 Å². The molecule has 0 N–H and O–H groups in total. The van der Waals surface area contributed by atoms with E-state index in [4.69, 9.17) is 4.74 Å². The number of hydrogen-bond acceptors (Lipinski definition) is 4. The number of nitrogens with zero attached hydrogens (tertiary/aromatic N) is 3. The molecule has 3 rings (SSSR count). The van der Waals surface area contributed by atoms with Crippen molar-refractivity contribution < 1.29 is 13.2 Å². The Morgan fingerprint density at radius 3 is 2.62 bits per heavy atom. The van der Waals surface area contributed by atoms with Crippen molar-refractivity contribution in [3.05, 3.63) is 53.1 Å². The first kappa shape index (κ1) is 19.1. The topological polar surface area (TPSA) is 64.4 Å². The van der Waals surface area contributed by atoms with Crippen LogP contribution in [0.5, 0.6) is 0 Å². The Balaban J connectivity index is 1.78. The average Bonchev–Trinajstić information content (AvgIpc) is 2.82. The summed E-state index contributed by atoms with van der Waals surface area (Å²) in [5.41, 5.74) is 3.71. The molecule has 0 atom stereocenters. The van der Waals surface area contributed by atoms with Crippen LogP contribution < -0.4 is 0 Å². The van der Waals surface area contributed by atoms with Gasteiger partial charge in [-0.1, -0.05) is 29.8 Å². The lowest BCUT2D eigenvalue weighted by atomic mass is 10.2. The Morgan fingerprint density at radius 1 is 1.19 bits per heavy atom. The highest BCUT2D eigenvalue weighted by atomic mass is 32.2. The van der Waals surface area contributed by atoms with Crippen molar-refractivity contribution in [1.82, 2.24) is 13.9 Å². The fourth-order valence-electron chi connectivity index (χ4n) is 3.08. The van der Waals surface area contributed by atoms with Gasteiger partial charge in [-0.15, -0.1) is 0 Å². The van der Waals surface area contributed by atoms with Crippen LogP contribution >= 0.6 is 0 Å². The molecule has 142 valence electrons. The molecular formula is C19H27N3O3S. The summed E-state index contributed by atoms with van der Waals surface area (Å²) in [5, 5.41) is 0. The van der Waals surface area contributed by atoms with Gasteiger partial charge in [0.15, 0.2) is 0 Å². The van der Waals surface area contributed by atoms with Crippen LogP contribution in [0.25, 0.3) is 0 Å². The number of sulfonamides is 1. The van der Waals surface area contributed by atoms with Crippen LogP contribution in [0, 0.1) is 6.92 Å². The summed E-state index contributed by atoms with van der Waals surface area (Å²) in [7, 11) is -3.39. The van der Waals surface area contributed by atoms with Crippen LogP contribution in [0.3, 0.4) is 0 Å². The van der Waals surface area contributed by atoms with E-state index in [1.54, 1.807) is 10.6 Å². The number of aromatic nitrogens is 2. The Bertz CT molecular complexity index is 841. The molecule has 1 aromatic carbocycles. The second kappa shape index (κ2) is 7.90. The van der Waals surface area contributed by atoms with Gasteiger partial charge in [0.1, 0.15) is 0 Å². The SMILES string of the molecule is Cc1ccc(CS(=O)(=O)N2CCCn3cnc(COC(C)C)c3C2)cc1. The van der Waals surface area contributed by atoms with Crippen LogP contribution in [-0.2, 0) is 40.2 Å². The van der Waals surface area contributed by atoms with Crippen LogP contribution in [0.15, 0.2) is 30.6 Å².